The van der Waals surface area contributed by atoms with Crippen LogP contribution >= 0.6 is 0 Å². The lowest BCUT2D eigenvalue weighted by molar-refractivity contribution is 0.353. The molecule has 1 aromatic carbocycles. The normalized spacial score (nSPS) is 14.6. The van der Waals surface area contributed by atoms with Crippen LogP contribution in [0, 0.1) is 6.92 Å². The van der Waals surface area contributed by atoms with Gasteiger partial charge in [0.05, 0.1) is 14.2 Å². The van der Waals surface area contributed by atoms with Gasteiger partial charge in [0.15, 0.2) is 11.5 Å². The van der Waals surface area contributed by atoms with E-state index in [0.29, 0.717) is 6.04 Å². The van der Waals surface area contributed by atoms with E-state index in [1.54, 1.807) is 14.2 Å². The number of hydrogen-bond donors (Lipinski definition) is 1. The van der Waals surface area contributed by atoms with Gasteiger partial charge in [-0.1, -0.05) is 6.92 Å². The van der Waals surface area contributed by atoms with Crippen LogP contribution in [0.2, 0.25) is 0 Å². The average molecular weight is 356 g/mol. The van der Waals surface area contributed by atoms with Gasteiger partial charge in [-0.25, -0.2) is 9.97 Å². The topological polar surface area (TPSA) is 59.5 Å². The molecule has 0 unspecified atom stereocenters. The smallest absolute Gasteiger partial charge is 0.161 e. The number of rotatable bonds is 6. The SMILES string of the molecule is CC[C@H](C)Nc1cc(N2CCc3cc(OC)c(OC)cc3C2)nc(C)n1. The van der Waals surface area contributed by atoms with E-state index in [-0.39, 0.29) is 0 Å². The maximum absolute atomic E-state index is 5.46. The highest BCUT2D eigenvalue weighted by Crippen LogP contribution is 2.34. The van der Waals surface area contributed by atoms with Crippen molar-refractivity contribution in [1.82, 2.24) is 9.97 Å². The molecule has 1 aliphatic heterocycles. The van der Waals surface area contributed by atoms with E-state index in [9.17, 15) is 0 Å². The number of aromatic nitrogens is 2. The van der Waals surface area contributed by atoms with Crippen molar-refractivity contribution in [2.24, 2.45) is 0 Å². The van der Waals surface area contributed by atoms with Gasteiger partial charge >= 0.3 is 0 Å². The third-order valence-electron chi connectivity index (χ3n) is 4.87. The Bertz CT molecular complexity index is 779. The van der Waals surface area contributed by atoms with Crippen molar-refractivity contribution in [3.8, 4) is 11.5 Å². The summed E-state index contributed by atoms with van der Waals surface area (Å²) in [5.41, 5.74) is 2.56. The number of ether oxygens (including phenoxy) is 2. The van der Waals surface area contributed by atoms with Crippen LogP contribution < -0.4 is 19.7 Å². The Morgan fingerprint density at radius 2 is 1.81 bits per heavy atom. The number of anilines is 2. The van der Waals surface area contributed by atoms with Crippen molar-refractivity contribution in [3.63, 3.8) is 0 Å². The number of nitrogens with one attached hydrogen (secondary N) is 1. The molecule has 0 bridgehead atoms. The molecule has 2 heterocycles. The van der Waals surface area contributed by atoms with Gasteiger partial charge < -0.3 is 19.7 Å². The number of aryl methyl sites for hydroxylation is 1. The lowest BCUT2D eigenvalue weighted by atomic mass is 9.99. The van der Waals surface area contributed by atoms with Gasteiger partial charge in [-0.2, -0.15) is 0 Å². The molecule has 1 atom stereocenters. The first-order valence-corrected chi connectivity index (χ1v) is 9.15. The van der Waals surface area contributed by atoms with Crippen molar-refractivity contribution < 1.29 is 9.47 Å². The summed E-state index contributed by atoms with van der Waals surface area (Å²) in [6, 6.07) is 6.60. The average Bonchev–Trinajstić information content (AvgIpc) is 2.65. The summed E-state index contributed by atoms with van der Waals surface area (Å²) in [6.45, 7) is 7.98. The highest BCUT2D eigenvalue weighted by Gasteiger charge is 2.21. The summed E-state index contributed by atoms with van der Waals surface area (Å²) in [6.07, 6.45) is 2.00. The Hall–Kier alpha value is -2.50. The summed E-state index contributed by atoms with van der Waals surface area (Å²) in [5, 5.41) is 3.45. The fraction of sp³-hybridized carbons (Fsp3) is 0.500. The molecule has 140 valence electrons. The maximum Gasteiger partial charge on any atom is 0.161 e. The molecule has 1 aromatic heterocycles. The number of fused-ring (bicyclic) bond motifs is 1. The second-order valence-corrected chi connectivity index (χ2v) is 6.76. The maximum atomic E-state index is 5.46. The van der Waals surface area contributed by atoms with E-state index < -0.39 is 0 Å². The first-order valence-electron chi connectivity index (χ1n) is 9.15. The Morgan fingerprint density at radius 3 is 2.46 bits per heavy atom. The van der Waals surface area contributed by atoms with Crippen molar-refractivity contribution in [1.29, 1.82) is 0 Å². The lowest BCUT2D eigenvalue weighted by Gasteiger charge is -2.31. The van der Waals surface area contributed by atoms with Crippen LogP contribution in [0.25, 0.3) is 0 Å². The third-order valence-corrected chi connectivity index (χ3v) is 4.87. The molecule has 0 spiro atoms. The van der Waals surface area contributed by atoms with Crippen molar-refractivity contribution in [2.75, 3.05) is 31.0 Å². The van der Waals surface area contributed by atoms with E-state index in [0.717, 1.165) is 54.9 Å². The Kier molecular flexibility index (Phi) is 5.49. The molecule has 0 radical (unpaired) electrons. The largest absolute Gasteiger partial charge is 0.493 e. The molecular weight excluding hydrogens is 328 g/mol. The minimum Gasteiger partial charge on any atom is -0.493 e. The summed E-state index contributed by atoms with van der Waals surface area (Å²) in [4.78, 5) is 11.5. The zero-order chi connectivity index (χ0) is 18.7. The van der Waals surface area contributed by atoms with E-state index in [2.05, 4.69) is 46.2 Å². The second kappa shape index (κ2) is 7.81. The fourth-order valence-corrected chi connectivity index (χ4v) is 3.22. The van der Waals surface area contributed by atoms with Gasteiger partial charge in [-0.3, -0.25) is 0 Å². The standard InChI is InChI=1S/C20H28N4O2/c1-6-13(2)21-19-11-20(23-14(3)22-19)24-8-7-15-9-17(25-4)18(26-5)10-16(15)12-24/h9-11,13H,6-8,12H2,1-5H3,(H,21,22,23)/t13-/m0/s1. The Labute approximate surface area is 155 Å². The van der Waals surface area contributed by atoms with Crippen LogP contribution in [0.3, 0.4) is 0 Å². The quantitative estimate of drug-likeness (QED) is 0.854. The van der Waals surface area contributed by atoms with Gasteiger partial charge in [-0.05, 0) is 49.9 Å². The van der Waals surface area contributed by atoms with Crippen LogP contribution in [-0.4, -0.2) is 36.8 Å². The summed E-state index contributed by atoms with van der Waals surface area (Å²) >= 11 is 0. The zero-order valence-electron chi connectivity index (χ0n) is 16.3. The van der Waals surface area contributed by atoms with Crippen LogP contribution in [-0.2, 0) is 13.0 Å². The minimum atomic E-state index is 0.385. The summed E-state index contributed by atoms with van der Waals surface area (Å²) in [7, 11) is 3.35. The molecule has 2 aromatic rings. The Balaban J connectivity index is 1.86. The molecule has 6 nitrogen and oxygen atoms in total. The molecule has 0 saturated heterocycles. The number of methoxy groups -OCH3 is 2. The second-order valence-electron chi connectivity index (χ2n) is 6.76. The van der Waals surface area contributed by atoms with Crippen LogP contribution in [0.5, 0.6) is 11.5 Å². The molecule has 3 rings (SSSR count). The van der Waals surface area contributed by atoms with Gasteiger partial charge in [0.1, 0.15) is 17.5 Å². The van der Waals surface area contributed by atoms with Crippen molar-refractivity contribution in [2.45, 2.75) is 46.2 Å². The van der Waals surface area contributed by atoms with Gasteiger partial charge in [-0.15, -0.1) is 0 Å². The molecule has 0 fully saturated rings. The first-order chi connectivity index (χ1) is 12.5. The summed E-state index contributed by atoms with van der Waals surface area (Å²) in [5.74, 6) is 4.19. The van der Waals surface area contributed by atoms with E-state index in [1.165, 1.54) is 11.1 Å². The van der Waals surface area contributed by atoms with Crippen molar-refractivity contribution in [3.05, 3.63) is 35.2 Å². The molecule has 26 heavy (non-hydrogen) atoms. The number of nitrogens with zero attached hydrogens (tertiary/aromatic N) is 3. The monoisotopic (exact) mass is 356 g/mol. The molecular formula is C20H28N4O2. The molecule has 0 saturated carbocycles. The highest BCUT2D eigenvalue weighted by molar-refractivity contribution is 5.54. The van der Waals surface area contributed by atoms with Gasteiger partial charge in [0.2, 0.25) is 0 Å². The minimum absolute atomic E-state index is 0.385. The predicted octanol–water partition coefficient (Wildman–Crippen LogP) is 3.58. The van der Waals surface area contributed by atoms with Crippen LogP contribution in [0.4, 0.5) is 11.6 Å². The summed E-state index contributed by atoms with van der Waals surface area (Å²) < 4.78 is 10.9. The first kappa shape index (κ1) is 18.3. The van der Waals surface area contributed by atoms with Crippen LogP contribution in [0.1, 0.15) is 37.2 Å². The molecule has 1 aliphatic rings. The number of hydrogen-bond acceptors (Lipinski definition) is 6. The van der Waals surface area contributed by atoms with E-state index >= 15 is 0 Å². The van der Waals surface area contributed by atoms with E-state index in [4.69, 9.17) is 9.47 Å². The lowest BCUT2D eigenvalue weighted by Crippen LogP contribution is -2.31. The molecule has 0 amide bonds. The number of benzene rings is 1. The highest BCUT2D eigenvalue weighted by atomic mass is 16.5. The predicted molar refractivity (Wildman–Crippen MR) is 104 cm³/mol. The molecule has 1 N–H and O–H groups in total. The van der Waals surface area contributed by atoms with E-state index in [1.807, 2.05) is 13.0 Å². The Morgan fingerprint density at radius 1 is 1.12 bits per heavy atom. The fourth-order valence-electron chi connectivity index (χ4n) is 3.22. The van der Waals surface area contributed by atoms with Gasteiger partial charge in [0, 0.05) is 25.2 Å². The van der Waals surface area contributed by atoms with Gasteiger partial charge in [0.25, 0.3) is 0 Å². The third kappa shape index (κ3) is 3.84. The zero-order valence-corrected chi connectivity index (χ0v) is 16.3. The van der Waals surface area contributed by atoms with Crippen LogP contribution in [0.15, 0.2) is 18.2 Å². The van der Waals surface area contributed by atoms with Crippen molar-refractivity contribution >= 4 is 11.6 Å². The molecule has 6 heteroatoms. The molecule has 0 aliphatic carbocycles.